The highest BCUT2D eigenvalue weighted by atomic mass is 16.5. The van der Waals surface area contributed by atoms with Crippen LogP contribution in [0.15, 0.2) is 64.2 Å². The fourth-order valence-corrected chi connectivity index (χ4v) is 2.70. The van der Waals surface area contributed by atoms with Gasteiger partial charge >= 0.3 is 5.97 Å². The van der Waals surface area contributed by atoms with Crippen LogP contribution in [0.2, 0.25) is 0 Å². The van der Waals surface area contributed by atoms with Crippen molar-refractivity contribution in [3.05, 3.63) is 80.9 Å². The topological polar surface area (TPSA) is 110 Å². The van der Waals surface area contributed by atoms with Gasteiger partial charge in [0.05, 0.1) is 10.8 Å². The van der Waals surface area contributed by atoms with Crippen molar-refractivity contribution >= 4 is 22.6 Å². The second-order valence-corrected chi connectivity index (χ2v) is 6.21. The van der Waals surface area contributed by atoms with Gasteiger partial charge in [0, 0.05) is 6.54 Å². The molecular formula is C20H19N3O5. The summed E-state index contributed by atoms with van der Waals surface area (Å²) in [7, 11) is 0. The van der Waals surface area contributed by atoms with Crippen molar-refractivity contribution in [1.29, 1.82) is 0 Å². The molecule has 1 amide bonds. The van der Waals surface area contributed by atoms with Gasteiger partial charge in [-0.3, -0.25) is 24.3 Å². The van der Waals surface area contributed by atoms with Gasteiger partial charge < -0.3 is 10.1 Å². The first-order valence-corrected chi connectivity index (χ1v) is 8.68. The lowest BCUT2D eigenvalue weighted by atomic mass is 10.2. The van der Waals surface area contributed by atoms with Crippen molar-refractivity contribution in [2.45, 2.75) is 26.1 Å². The number of aromatic nitrogens is 2. The van der Waals surface area contributed by atoms with Gasteiger partial charge in [-0.05, 0) is 24.6 Å². The van der Waals surface area contributed by atoms with E-state index in [1.807, 2.05) is 30.3 Å². The zero-order valence-electron chi connectivity index (χ0n) is 15.2. The number of amides is 1. The maximum atomic E-state index is 12.4. The predicted octanol–water partition coefficient (Wildman–Crippen LogP) is 0.938. The van der Waals surface area contributed by atoms with Gasteiger partial charge in [-0.15, -0.1) is 0 Å². The number of hydrogen-bond donors (Lipinski definition) is 2. The van der Waals surface area contributed by atoms with Gasteiger partial charge in [0.25, 0.3) is 17.0 Å². The average Bonchev–Trinajstić information content (AvgIpc) is 2.70. The lowest BCUT2D eigenvalue weighted by molar-refractivity contribution is -0.155. The summed E-state index contributed by atoms with van der Waals surface area (Å²) in [6, 6.07) is 15.6. The number of ether oxygens (including phenoxy) is 1. The fourth-order valence-electron chi connectivity index (χ4n) is 2.70. The summed E-state index contributed by atoms with van der Waals surface area (Å²) in [5.41, 5.74) is -0.0975. The highest BCUT2D eigenvalue weighted by Gasteiger charge is 2.19. The summed E-state index contributed by atoms with van der Waals surface area (Å²) < 4.78 is 5.96. The molecule has 2 N–H and O–H groups in total. The summed E-state index contributed by atoms with van der Waals surface area (Å²) in [6.07, 6.45) is -1.04. The zero-order valence-corrected chi connectivity index (χ0v) is 15.2. The molecule has 0 aliphatic carbocycles. The molecule has 0 spiro atoms. The SMILES string of the molecule is C[C@H](OC(=O)Cn1[nH]c(=O)c2ccccc2c1=O)C(=O)NCc1ccccc1. The molecule has 1 atom stereocenters. The Morgan fingerprint density at radius 2 is 1.68 bits per heavy atom. The highest BCUT2D eigenvalue weighted by molar-refractivity contribution is 5.83. The summed E-state index contributed by atoms with van der Waals surface area (Å²) in [5, 5.41) is 5.46. The van der Waals surface area contributed by atoms with Crippen LogP contribution in [0.1, 0.15) is 12.5 Å². The van der Waals surface area contributed by atoms with Crippen molar-refractivity contribution in [2.75, 3.05) is 0 Å². The van der Waals surface area contributed by atoms with Gasteiger partial charge in [-0.1, -0.05) is 42.5 Å². The van der Waals surface area contributed by atoms with Gasteiger partial charge in [0.2, 0.25) is 0 Å². The predicted molar refractivity (Wildman–Crippen MR) is 103 cm³/mol. The number of benzene rings is 2. The first kappa shape index (κ1) is 19.1. The molecule has 0 bridgehead atoms. The molecule has 1 heterocycles. The Labute approximate surface area is 159 Å². The Morgan fingerprint density at radius 3 is 2.39 bits per heavy atom. The first-order chi connectivity index (χ1) is 13.5. The van der Waals surface area contributed by atoms with Gasteiger partial charge in [0.1, 0.15) is 6.54 Å². The van der Waals surface area contributed by atoms with E-state index in [9.17, 15) is 19.2 Å². The molecule has 1 aromatic heterocycles. The summed E-state index contributed by atoms with van der Waals surface area (Å²) in [4.78, 5) is 48.7. The van der Waals surface area contributed by atoms with Crippen LogP contribution in [-0.4, -0.2) is 27.8 Å². The van der Waals surface area contributed by atoms with Crippen LogP contribution in [0, 0.1) is 0 Å². The molecule has 0 saturated carbocycles. The first-order valence-electron chi connectivity index (χ1n) is 8.68. The Morgan fingerprint density at radius 1 is 1.04 bits per heavy atom. The molecular weight excluding hydrogens is 362 g/mol. The third kappa shape index (κ3) is 4.35. The Kier molecular flexibility index (Phi) is 5.69. The van der Waals surface area contributed by atoms with E-state index in [0.717, 1.165) is 10.2 Å². The highest BCUT2D eigenvalue weighted by Crippen LogP contribution is 2.03. The van der Waals surface area contributed by atoms with E-state index in [0.29, 0.717) is 6.54 Å². The molecule has 0 aliphatic rings. The molecule has 8 heteroatoms. The standard InChI is InChI=1S/C20H19N3O5/c1-13(18(25)21-11-14-7-3-2-4-8-14)28-17(24)12-23-20(27)16-10-6-5-9-15(16)19(26)22-23/h2-10,13H,11-12H2,1H3,(H,21,25)(H,22,26)/t13-/m0/s1. The monoisotopic (exact) mass is 381 g/mol. The normalized spacial score (nSPS) is 11.8. The van der Waals surface area contributed by atoms with E-state index < -0.39 is 35.6 Å². The van der Waals surface area contributed by atoms with Crippen molar-refractivity contribution < 1.29 is 14.3 Å². The Hall–Kier alpha value is -3.68. The lowest BCUT2D eigenvalue weighted by Gasteiger charge is -2.14. The van der Waals surface area contributed by atoms with E-state index in [2.05, 4.69) is 10.4 Å². The van der Waals surface area contributed by atoms with E-state index in [-0.39, 0.29) is 10.8 Å². The summed E-state index contributed by atoms with van der Waals surface area (Å²) >= 11 is 0. The molecule has 0 fully saturated rings. The lowest BCUT2D eigenvalue weighted by Crippen LogP contribution is -2.38. The molecule has 144 valence electrons. The number of H-pyrrole nitrogens is 1. The van der Waals surface area contributed by atoms with E-state index in [4.69, 9.17) is 4.74 Å². The van der Waals surface area contributed by atoms with Crippen LogP contribution in [0.25, 0.3) is 10.8 Å². The number of aromatic amines is 1. The average molecular weight is 381 g/mol. The smallest absolute Gasteiger partial charge is 0.328 e. The molecule has 3 rings (SSSR count). The third-order valence-electron chi connectivity index (χ3n) is 4.16. The van der Waals surface area contributed by atoms with Crippen LogP contribution in [0.5, 0.6) is 0 Å². The van der Waals surface area contributed by atoms with Crippen molar-refractivity contribution in [3.8, 4) is 0 Å². The molecule has 3 aromatic rings. The largest absolute Gasteiger partial charge is 0.451 e. The number of nitrogens with zero attached hydrogens (tertiary/aromatic N) is 1. The minimum Gasteiger partial charge on any atom is -0.451 e. The molecule has 28 heavy (non-hydrogen) atoms. The van der Waals surface area contributed by atoms with Crippen LogP contribution in [0.3, 0.4) is 0 Å². The van der Waals surface area contributed by atoms with Crippen LogP contribution < -0.4 is 16.4 Å². The van der Waals surface area contributed by atoms with E-state index in [1.165, 1.54) is 19.1 Å². The maximum Gasteiger partial charge on any atom is 0.328 e. The molecule has 8 nitrogen and oxygen atoms in total. The number of hydrogen-bond acceptors (Lipinski definition) is 5. The second kappa shape index (κ2) is 8.34. The van der Waals surface area contributed by atoms with Gasteiger partial charge in [0.15, 0.2) is 6.10 Å². The number of nitrogens with one attached hydrogen (secondary N) is 2. The minimum atomic E-state index is -1.04. The number of esters is 1. The molecule has 0 saturated heterocycles. The fraction of sp³-hybridized carbons (Fsp3) is 0.200. The van der Waals surface area contributed by atoms with Crippen molar-refractivity contribution in [1.82, 2.24) is 15.1 Å². The van der Waals surface area contributed by atoms with Gasteiger partial charge in [-0.2, -0.15) is 0 Å². The van der Waals surface area contributed by atoms with Crippen LogP contribution >= 0.6 is 0 Å². The zero-order chi connectivity index (χ0) is 20.1. The number of rotatable bonds is 6. The summed E-state index contributed by atoms with van der Waals surface area (Å²) in [6.45, 7) is 1.23. The van der Waals surface area contributed by atoms with Crippen molar-refractivity contribution in [3.63, 3.8) is 0 Å². The minimum absolute atomic E-state index is 0.202. The number of carbonyl (C=O) groups is 2. The quantitative estimate of drug-likeness (QED) is 0.618. The maximum absolute atomic E-state index is 12.4. The molecule has 0 unspecified atom stereocenters. The van der Waals surface area contributed by atoms with Crippen LogP contribution in [0.4, 0.5) is 0 Å². The van der Waals surface area contributed by atoms with E-state index >= 15 is 0 Å². The molecule has 2 aromatic carbocycles. The van der Waals surface area contributed by atoms with E-state index in [1.54, 1.807) is 12.1 Å². The van der Waals surface area contributed by atoms with Gasteiger partial charge in [-0.25, -0.2) is 4.68 Å². The summed E-state index contributed by atoms with van der Waals surface area (Å²) in [5.74, 6) is -1.27. The molecule has 0 aliphatic heterocycles. The number of fused-ring (bicyclic) bond motifs is 1. The second-order valence-electron chi connectivity index (χ2n) is 6.21. The third-order valence-corrected chi connectivity index (χ3v) is 4.16. The van der Waals surface area contributed by atoms with Crippen LogP contribution in [-0.2, 0) is 27.4 Å². The Balaban J connectivity index is 1.63. The van der Waals surface area contributed by atoms with Crippen molar-refractivity contribution in [2.24, 2.45) is 0 Å². The Bertz CT molecular complexity index is 1120. The number of carbonyl (C=O) groups excluding carboxylic acids is 2. The molecule has 0 radical (unpaired) electrons.